The third-order valence-electron chi connectivity index (χ3n) is 4.93. The normalized spacial score (nSPS) is 11.4. The molecule has 0 fully saturated rings. The summed E-state index contributed by atoms with van der Waals surface area (Å²) in [5, 5.41) is 1.15. The highest BCUT2D eigenvalue weighted by Gasteiger charge is 2.12. The molecule has 0 aliphatic carbocycles. The number of nitrogens with zero attached hydrogens (tertiary/aromatic N) is 4. The molecular formula is C23H23FN4. The zero-order valence-electron chi connectivity index (χ0n) is 15.7. The molecule has 5 heteroatoms. The van der Waals surface area contributed by atoms with Crippen LogP contribution in [0.5, 0.6) is 0 Å². The number of aromatic nitrogens is 3. The lowest BCUT2D eigenvalue weighted by molar-refractivity contribution is 0.246. The van der Waals surface area contributed by atoms with Crippen molar-refractivity contribution < 1.29 is 4.39 Å². The molecule has 0 spiro atoms. The monoisotopic (exact) mass is 374 g/mol. The summed E-state index contributed by atoms with van der Waals surface area (Å²) < 4.78 is 16.3. The maximum atomic E-state index is 14.2. The largest absolute Gasteiger partial charge is 0.337 e. The van der Waals surface area contributed by atoms with Gasteiger partial charge in [0.1, 0.15) is 5.82 Å². The topological polar surface area (TPSA) is 34.0 Å². The van der Waals surface area contributed by atoms with Crippen molar-refractivity contribution in [3.05, 3.63) is 96.5 Å². The molecule has 0 amide bonds. The molecule has 0 N–H and O–H groups in total. The summed E-state index contributed by atoms with van der Waals surface area (Å²) in [7, 11) is 0. The maximum absolute atomic E-state index is 14.2. The van der Waals surface area contributed by atoms with Crippen LogP contribution >= 0.6 is 0 Å². The first-order valence-electron chi connectivity index (χ1n) is 9.54. The number of hydrogen-bond acceptors (Lipinski definition) is 3. The second-order valence-corrected chi connectivity index (χ2v) is 6.94. The molecule has 0 aliphatic heterocycles. The Labute approximate surface area is 164 Å². The van der Waals surface area contributed by atoms with E-state index in [1.807, 2.05) is 49.1 Å². The van der Waals surface area contributed by atoms with Crippen molar-refractivity contribution in [1.29, 1.82) is 0 Å². The first-order valence-corrected chi connectivity index (χ1v) is 9.54. The number of imidazole rings is 1. The van der Waals surface area contributed by atoms with Crippen LogP contribution in [0.2, 0.25) is 0 Å². The Morgan fingerprint density at radius 2 is 1.75 bits per heavy atom. The fraction of sp³-hybridized carbons (Fsp3) is 0.217. The van der Waals surface area contributed by atoms with E-state index in [1.165, 1.54) is 11.6 Å². The van der Waals surface area contributed by atoms with Gasteiger partial charge in [0.15, 0.2) is 0 Å². The van der Waals surface area contributed by atoms with Gasteiger partial charge in [0.05, 0.1) is 11.8 Å². The number of hydrogen-bond donors (Lipinski definition) is 0. The van der Waals surface area contributed by atoms with Crippen LogP contribution in [0.15, 0.2) is 79.5 Å². The molecule has 142 valence electrons. The van der Waals surface area contributed by atoms with Crippen LogP contribution < -0.4 is 0 Å². The van der Waals surface area contributed by atoms with E-state index in [1.54, 1.807) is 12.3 Å². The van der Waals surface area contributed by atoms with Gasteiger partial charge < -0.3 is 4.57 Å². The number of benzene rings is 2. The van der Waals surface area contributed by atoms with Gasteiger partial charge in [0, 0.05) is 55.7 Å². The standard InChI is InChI=1S/C23H23FN4/c24-22-9-2-1-6-20(22)17-28(14-5-13-27-15-12-25-18-27)16-19-7-3-10-23-21(19)8-4-11-26-23/h1-4,6-12,15,18H,5,13-14,16-17H2. The number of rotatable bonds is 8. The van der Waals surface area contributed by atoms with Crippen LogP contribution in [-0.4, -0.2) is 26.0 Å². The summed E-state index contributed by atoms with van der Waals surface area (Å²) in [6.07, 6.45) is 8.37. The predicted octanol–water partition coefficient (Wildman–Crippen LogP) is 4.66. The summed E-state index contributed by atoms with van der Waals surface area (Å²) in [6, 6.07) is 17.3. The van der Waals surface area contributed by atoms with E-state index < -0.39 is 0 Å². The lowest BCUT2D eigenvalue weighted by atomic mass is 10.1. The van der Waals surface area contributed by atoms with E-state index in [0.29, 0.717) is 6.54 Å². The highest BCUT2D eigenvalue weighted by Crippen LogP contribution is 2.20. The van der Waals surface area contributed by atoms with Crippen LogP contribution in [-0.2, 0) is 19.6 Å². The molecule has 0 aliphatic rings. The minimum absolute atomic E-state index is 0.151. The molecule has 2 aromatic heterocycles. The van der Waals surface area contributed by atoms with Crippen molar-refractivity contribution in [2.75, 3.05) is 6.54 Å². The molecular weight excluding hydrogens is 351 g/mol. The Bertz CT molecular complexity index is 1020. The summed E-state index contributed by atoms with van der Waals surface area (Å²) in [5.74, 6) is -0.151. The van der Waals surface area contributed by atoms with Crippen LogP contribution in [0.25, 0.3) is 10.9 Å². The molecule has 28 heavy (non-hydrogen) atoms. The minimum atomic E-state index is -0.151. The van der Waals surface area contributed by atoms with E-state index in [9.17, 15) is 4.39 Å². The summed E-state index contributed by atoms with van der Waals surface area (Å²) in [5.41, 5.74) is 2.93. The molecule has 0 saturated carbocycles. The van der Waals surface area contributed by atoms with E-state index in [4.69, 9.17) is 0 Å². The first-order chi connectivity index (χ1) is 13.8. The fourth-order valence-corrected chi connectivity index (χ4v) is 3.52. The zero-order valence-corrected chi connectivity index (χ0v) is 15.7. The van der Waals surface area contributed by atoms with Crippen molar-refractivity contribution in [2.24, 2.45) is 0 Å². The minimum Gasteiger partial charge on any atom is -0.337 e. The highest BCUT2D eigenvalue weighted by atomic mass is 19.1. The fourth-order valence-electron chi connectivity index (χ4n) is 3.52. The van der Waals surface area contributed by atoms with E-state index in [-0.39, 0.29) is 5.82 Å². The maximum Gasteiger partial charge on any atom is 0.127 e. The van der Waals surface area contributed by atoms with Gasteiger partial charge in [-0.15, -0.1) is 0 Å². The average Bonchev–Trinajstić information content (AvgIpc) is 3.23. The zero-order chi connectivity index (χ0) is 19.2. The third-order valence-corrected chi connectivity index (χ3v) is 4.93. The average molecular weight is 374 g/mol. The Hall–Kier alpha value is -3.05. The van der Waals surface area contributed by atoms with Crippen molar-refractivity contribution in [3.8, 4) is 0 Å². The van der Waals surface area contributed by atoms with Crippen molar-refractivity contribution in [2.45, 2.75) is 26.1 Å². The second kappa shape index (κ2) is 8.76. The molecule has 2 aromatic carbocycles. The van der Waals surface area contributed by atoms with Gasteiger partial charge in [-0.1, -0.05) is 36.4 Å². The number of fused-ring (bicyclic) bond motifs is 1. The second-order valence-electron chi connectivity index (χ2n) is 6.94. The summed E-state index contributed by atoms with van der Waals surface area (Å²) >= 11 is 0. The van der Waals surface area contributed by atoms with Gasteiger partial charge in [-0.3, -0.25) is 9.88 Å². The number of pyridine rings is 1. The molecule has 0 radical (unpaired) electrons. The van der Waals surface area contributed by atoms with Gasteiger partial charge in [-0.25, -0.2) is 9.37 Å². The quantitative estimate of drug-likeness (QED) is 0.450. The van der Waals surface area contributed by atoms with Gasteiger partial charge in [-0.05, 0) is 30.2 Å². The van der Waals surface area contributed by atoms with Crippen LogP contribution in [0.1, 0.15) is 17.5 Å². The number of halogens is 1. The van der Waals surface area contributed by atoms with Crippen LogP contribution in [0.4, 0.5) is 4.39 Å². The highest BCUT2D eigenvalue weighted by molar-refractivity contribution is 5.81. The first kappa shape index (κ1) is 18.3. The molecule has 0 atom stereocenters. The van der Waals surface area contributed by atoms with Gasteiger partial charge in [0.25, 0.3) is 0 Å². The van der Waals surface area contributed by atoms with Crippen molar-refractivity contribution in [1.82, 2.24) is 19.4 Å². The predicted molar refractivity (Wildman–Crippen MR) is 109 cm³/mol. The molecule has 4 nitrogen and oxygen atoms in total. The number of aryl methyl sites for hydroxylation is 1. The Morgan fingerprint density at radius 3 is 2.61 bits per heavy atom. The van der Waals surface area contributed by atoms with Gasteiger partial charge in [-0.2, -0.15) is 0 Å². The molecule has 2 heterocycles. The van der Waals surface area contributed by atoms with Gasteiger partial charge in [0.2, 0.25) is 0 Å². The molecule has 4 aromatic rings. The van der Waals surface area contributed by atoms with E-state index >= 15 is 0 Å². The lowest BCUT2D eigenvalue weighted by Gasteiger charge is -2.23. The molecule has 4 rings (SSSR count). The molecule has 0 unspecified atom stereocenters. The van der Waals surface area contributed by atoms with Crippen LogP contribution in [0.3, 0.4) is 0 Å². The SMILES string of the molecule is Fc1ccccc1CN(CCCn1ccnc1)Cc1cccc2ncccc12. The Kier molecular flexibility index (Phi) is 5.73. The third kappa shape index (κ3) is 4.43. The molecule has 0 saturated heterocycles. The van der Waals surface area contributed by atoms with Crippen molar-refractivity contribution in [3.63, 3.8) is 0 Å². The van der Waals surface area contributed by atoms with Gasteiger partial charge >= 0.3 is 0 Å². The van der Waals surface area contributed by atoms with E-state index in [0.717, 1.165) is 42.5 Å². The summed E-state index contributed by atoms with van der Waals surface area (Å²) in [4.78, 5) is 10.9. The van der Waals surface area contributed by atoms with Crippen LogP contribution in [0, 0.1) is 5.82 Å². The summed E-state index contributed by atoms with van der Waals surface area (Å²) in [6.45, 7) is 3.09. The van der Waals surface area contributed by atoms with Crippen molar-refractivity contribution >= 4 is 10.9 Å². The smallest absolute Gasteiger partial charge is 0.127 e. The lowest BCUT2D eigenvalue weighted by Crippen LogP contribution is -2.25. The van der Waals surface area contributed by atoms with E-state index in [2.05, 4.69) is 31.6 Å². The molecule has 0 bridgehead atoms. The Morgan fingerprint density at radius 1 is 0.893 bits per heavy atom. The Balaban J connectivity index is 1.53.